The van der Waals surface area contributed by atoms with E-state index in [1.54, 1.807) is 31.2 Å². The minimum atomic E-state index is -0.425. The number of thiophene rings is 1. The molecule has 2 aromatic rings. The first-order valence-corrected chi connectivity index (χ1v) is 9.09. The summed E-state index contributed by atoms with van der Waals surface area (Å²) in [6.07, 6.45) is 0. The van der Waals surface area contributed by atoms with E-state index in [0.29, 0.717) is 21.2 Å². The number of amides is 1. The molecular weight excluding hydrogens is 380 g/mol. The van der Waals surface area contributed by atoms with Crippen LogP contribution in [0.4, 0.5) is 5.00 Å². The van der Waals surface area contributed by atoms with Gasteiger partial charge in [0.05, 0.1) is 22.8 Å². The number of benzene rings is 1. The molecule has 1 amide bonds. The Labute approximate surface area is 160 Å². The molecule has 8 heteroatoms. The number of carbonyl (C=O) groups is 2. The first-order valence-electron chi connectivity index (χ1n) is 7.49. The fourth-order valence-electron chi connectivity index (χ4n) is 2.11. The second-order valence-electron chi connectivity index (χ2n) is 5.10. The van der Waals surface area contributed by atoms with Gasteiger partial charge in [-0.1, -0.05) is 23.7 Å². The van der Waals surface area contributed by atoms with Gasteiger partial charge in [-0.15, -0.1) is 11.3 Å². The molecule has 0 bridgehead atoms. The average molecular weight is 397 g/mol. The van der Waals surface area contributed by atoms with Crippen LogP contribution < -0.4 is 10.6 Å². The zero-order valence-corrected chi connectivity index (χ0v) is 16.3. The Balaban J connectivity index is 2.16. The number of nitrogens with one attached hydrogen (secondary N) is 2. The average Bonchev–Trinajstić information content (AvgIpc) is 2.81. The minimum absolute atomic E-state index is 0.0803. The number of hydrogen-bond donors (Lipinski definition) is 2. The van der Waals surface area contributed by atoms with Crippen molar-refractivity contribution in [1.82, 2.24) is 5.32 Å². The van der Waals surface area contributed by atoms with Gasteiger partial charge in [-0.3, -0.25) is 10.1 Å². The second kappa shape index (κ2) is 8.42. The first-order chi connectivity index (χ1) is 11.8. The van der Waals surface area contributed by atoms with E-state index in [1.807, 2.05) is 13.8 Å². The molecule has 0 unspecified atom stereocenters. The van der Waals surface area contributed by atoms with Crippen molar-refractivity contribution in [3.63, 3.8) is 0 Å². The molecule has 0 aliphatic heterocycles. The first kappa shape index (κ1) is 19.4. The summed E-state index contributed by atoms with van der Waals surface area (Å²) < 4.78 is 5.09. The SMILES string of the molecule is CCOC(=O)c1c(NC(=S)NC(=O)c2ccccc2Cl)sc(C)c1C. The Morgan fingerprint density at radius 3 is 2.60 bits per heavy atom. The van der Waals surface area contributed by atoms with Crippen molar-refractivity contribution in [2.45, 2.75) is 20.8 Å². The Kier molecular flexibility index (Phi) is 6.52. The smallest absolute Gasteiger partial charge is 0.341 e. The van der Waals surface area contributed by atoms with E-state index in [-0.39, 0.29) is 11.7 Å². The van der Waals surface area contributed by atoms with Gasteiger partial charge in [0.1, 0.15) is 5.00 Å². The highest BCUT2D eigenvalue weighted by molar-refractivity contribution is 7.80. The van der Waals surface area contributed by atoms with Crippen molar-refractivity contribution in [2.24, 2.45) is 0 Å². The standard InChI is InChI=1S/C17H17ClN2O3S2/c1-4-23-16(22)13-9(2)10(3)25-15(13)20-17(24)19-14(21)11-7-5-6-8-12(11)18/h5-8H,4H2,1-3H3,(H2,19,20,21,24). The predicted molar refractivity (Wildman–Crippen MR) is 105 cm³/mol. The van der Waals surface area contributed by atoms with Crippen molar-refractivity contribution in [3.8, 4) is 0 Å². The van der Waals surface area contributed by atoms with Crippen molar-refractivity contribution < 1.29 is 14.3 Å². The number of halogens is 1. The number of hydrogen-bond acceptors (Lipinski definition) is 5. The van der Waals surface area contributed by atoms with Gasteiger partial charge in [-0.2, -0.15) is 0 Å². The maximum Gasteiger partial charge on any atom is 0.341 e. The lowest BCUT2D eigenvalue weighted by atomic mass is 10.1. The largest absolute Gasteiger partial charge is 0.462 e. The van der Waals surface area contributed by atoms with Crippen LogP contribution in [0.2, 0.25) is 5.02 Å². The number of rotatable bonds is 4. The lowest BCUT2D eigenvalue weighted by Crippen LogP contribution is -2.34. The molecular formula is C17H17ClN2O3S2. The monoisotopic (exact) mass is 396 g/mol. The highest BCUT2D eigenvalue weighted by Crippen LogP contribution is 2.33. The van der Waals surface area contributed by atoms with Crippen LogP contribution in [0.3, 0.4) is 0 Å². The van der Waals surface area contributed by atoms with Gasteiger partial charge >= 0.3 is 5.97 Å². The van der Waals surface area contributed by atoms with Crippen LogP contribution in [-0.2, 0) is 4.74 Å². The molecule has 25 heavy (non-hydrogen) atoms. The molecule has 0 spiro atoms. The molecule has 0 atom stereocenters. The third-order valence-electron chi connectivity index (χ3n) is 3.44. The number of ether oxygens (including phenoxy) is 1. The van der Waals surface area contributed by atoms with E-state index in [0.717, 1.165) is 10.4 Å². The Morgan fingerprint density at radius 1 is 1.28 bits per heavy atom. The molecule has 0 aliphatic carbocycles. The molecule has 1 heterocycles. The van der Waals surface area contributed by atoms with Gasteiger partial charge in [0, 0.05) is 4.88 Å². The van der Waals surface area contributed by atoms with Crippen molar-refractivity contribution in [2.75, 3.05) is 11.9 Å². The number of esters is 1. The summed E-state index contributed by atoms with van der Waals surface area (Å²) in [4.78, 5) is 25.4. The Morgan fingerprint density at radius 2 is 1.96 bits per heavy atom. The molecule has 0 aliphatic rings. The molecule has 0 saturated carbocycles. The fourth-order valence-corrected chi connectivity index (χ4v) is 3.65. The maximum absolute atomic E-state index is 12.2. The molecule has 1 aromatic heterocycles. The van der Waals surface area contributed by atoms with Crippen LogP contribution in [0.15, 0.2) is 24.3 Å². The molecule has 2 N–H and O–H groups in total. The Bertz CT molecular complexity index is 833. The quantitative estimate of drug-likeness (QED) is 0.595. The van der Waals surface area contributed by atoms with Crippen LogP contribution >= 0.6 is 35.2 Å². The molecule has 0 fully saturated rings. The summed E-state index contributed by atoms with van der Waals surface area (Å²) >= 11 is 12.6. The highest BCUT2D eigenvalue weighted by Gasteiger charge is 2.22. The molecule has 0 radical (unpaired) electrons. The number of aryl methyl sites for hydroxylation is 1. The molecule has 2 rings (SSSR count). The zero-order chi connectivity index (χ0) is 18.6. The second-order valence-corrected chi connectivity index (χ2v) is 7.14. The zero-order valence-electron chi connectivity index (χ0n) is 13.9. The summed E-state index contributed by atoms with van der Waals surface area (Å²) in [5.74, 6) is -0.849. The van der Waals surface area contributed by atoms with Gasteiger partial charge in [0.2, 0.25) is 0 Å². The van der Waals surface area contributed by atoms with Crippen LogP contribution in [-0.4, -0.2) is 23.6 Å². The highest BCUT2D eigenvalue weighted by atomic mass is 35.5. The van der Waals surface area contributed by atoms with E-state index in [4.69, 9.17) is 28.6 Å². The van der Waals surface area contributed by atoms with Crippen LogP contribution in [0.5, 0.6) is 0 Å². The van der Waals surface area contributed by atoms with Gasteiger partial charge in [-0.05, 0) is 50.7 Å². The lowest BCUT2D eigenvalue weighted by molar-refractivity contribution is 0.0527. The van der Waals surface area contributed by atoms with Crippen LogP contribution in [0.25, 0.3) is 0 Å². The predicted octanol–water partition coefficient (Wildman–Crippen LogP) is 4.32. The Hall–Kier alpha value is -1.96. The normalized spacial score (nSPS) is 10.2. The summed E-state index contributed by atoms with van der Waals surface area (Å²) in [5.41, 5.74) is 1.57. The molecule has 0 saturated heterocycles. The third-order valence-corrected chi connectivity index (χ3v) is 5.09. The van der Waals surface area contributed by atoms with Gasteiger partial charge < -0.3 is 10.1 Å². The van der Waals surface area contributed by atoms with Crippen molar-refractivity contribution in [3.05, 3.63) is 50.9 Å². The van der Waals surface area contributed by atoms with Crippen molar-refractivity contribution in [1.29, 1.82) is 0 Å². The van der Waals surface area contributed by atoms with E-state index in [2.05, 4.69) is 10.6 Å². The molecule has 1 aromatic carbocycles. The number of anilines is 1. The lowest BCUT2D eigenvalue weighted by Gasteiger charge is -2.11. The molecule has 5 nitrogen and oxygen atoms in total. The van der Waals surface area contributed by atoms with Gasteiger partial charge in [-0.25, -0.2) is 4.79 Å². The number of carbonyl (C=O) groups excluding carboxylic acids is 2. The van der Waals surface area contributed by atoms with Crippen molar-refractivity contribution >= 4 is 57.1 Å². The third kappa shape index (κ3) is 4.56. The van der Waals surface area contributed by atoms with E-state index >= 15 is 0 Å². The van der Waals surface area contributed by atoms with E-state index in [1.165, 1.54) is 11.3 Å². The topological polar surface area (TPSA) is 67.4 Å². The minimum Gasteiger partial charge on any atom is -0.462 e. The van der Waals surface area contributed by atoms with Gasteiger partial charge in [0.25, 0.3) is 5.91 Å². The van der Waals surface area contributed by atoms with E-state index < -0.39 is 11.9 Å². The number of thiocarbonyl (C=S) groups is 1. The summed E-state index contributed by atoms with van der Waals surface area (Å²) in [5, 5.41) is 6.42. The van der Waals surface area contributed by atoms with Crippen LogP contribution in [0.1, 0.15) is 38.1 Å². The fraction of sp³-hybridized carbons (Fsp3) is 0.235. The summed E-state index contributed by atoms with van der Waals surface area (Å²) in [6, 6.07) is 6.67. The van der Waals surface area contributed by atoms with Crippen LogP contribution in [0, 0.1) is 13.8 Å². The van der Waals surface area contributed by atoms with Gasteiger partial charge in [0.15, 0.2) is 5.11 Å². The summed E-state index contributed by atoms with van der Waals surface area (Å²) in [7, 11) is 0. The maximum atomic E-state index is 12.2. The molecule has 132 valence electrons. The summed E-state index contributed by atoms with van der Waals surface area (Å²) in [6.45, 7) is 5.77. The van der Waals surface area contributed by atoms with E-state index in [9.17, 15) is 9.59 Å².